The largest absolute Gasteiger partial charge is 0.497 e. The first-order chi connectivity index (χ1) is 15.0. The lowest BCUT2D eigenvalue weighted by atomic mass is 9.85. The van der Waals surface area contributed by atoms with Gasteiger partial charge in [0, 0.05) is 30.4 Å². The quantitative estimate of drug-likeness (QED) is 0.769. The maximum Gasteiger partial charge on any atom is 0.238 e. The molecule has 0 saturated carbocycles. The van der Waals surface area contributed by atoms with E-state index in [1.165, 1.54) is 0 Å². The van der Waals surface area contributed by atoms with Gasteiger partial charge in [0.15, 0.2) is 5.78 Å². The normalized spacial score (nSPS) is 17.8. The second-order valence-electron chi connectivity index (χ2n) is 7.50. The number of hydrogen-bond donors (Lipinski definition) is 1. The topological polar surface area (TPSA) is 89.5 Å². The van der Waals surface area contributed by atoms with E-state index >= 15 is 0 Å². The Hall–Kier alpha value is -3.39. The van der Waals surface area contributed by atoms with Crippen molar-refractivity contribution in [1.82, 2.24) is 4.90 Å². The van der Waals surface area contributed by atoms with Crippen molar-refractivity contribution >= 4 is 28.8 Å². The molecule has 0 radical (unpaired) electrons. The molecule has 162 valence electrons. The van der Waals surface area contributed by atoms with Crippen LogP contribution in [0, 0.1) is 5.92 Å². The Morgan fingerprint density at radius 1 is 1.10 bits per heavy atom. The van der Waals surface area contributed by atoms with E-state index in [-0.39, 0.29) is 24.2 Å². The van der Waals surface area contributed by atoms with Crippen molar-refractivity contribution in [3.8, 4) is 17.2 Å². The van der Waals surface area contributed by atoms with Crippen LogP contribution in [0.5, 0.6) is 17.2 Å². The lowest BCUT2D eigenvalue weighted by Gasteiger charge is -2.34. The molecule has 2 aromatic carbocycles. The van der Waals surface area contributed by atoms with Crippen molar-refractivity contribution in [2.45, 2.75) is 6.42 Å². The van der Waals surface area contributed by atoms with Gasteiger partial charge in [-0.1, -0.05) is 0 Å². The van der Waals surface area contributed by atoms with Crippen LogP contribution in [0.1, 0.15) is 16.8 Å². The highest BCUT2D eigenvalue weighted by Gasteiger charge is 2.36. The average molecular weight is 423 g/mol. The molecule has 0 bridgehead atoms. The highest BCUT2D eigenvalue weighted by Crippen LogP contribution is 2.34. The van der Waals surface area contributed by atoms with Crippen molar-refractivity contribution < 1.29 is 23.8 Å². The lowest BCUT2D eigenvalue weighted by Crippen LogP contribution is -2.47. The first kappa shape index (κ1) is 20.9. The number of likely N-dealkylation sites (tertiary alicyclic amines) is 1. The monoisotopic (exact) mass is 423 g/mol. The number of fused-ring (bicyclic) bond motifs is 2. The van der Waals surface area contributed by atoms with E-state index in [1.54, 1.807) is 45.6 Å². The molecule has 2 aliphatic rings. The summed E-state index contributed by atoms with van der Waals surface area (Å²) >= 11 is 0. The minimum Gasteiger partial charge on any atom is -0.497 e. The van der Waals surface area contributed by atoms with Crippen LogP contribution >= 0.6 is 0 Å². The second-order valence-corrected chi connectivity index (χ2v) is 7.50. The van der Waals surface area contributed by atoms with Crippen molar-refractivity contribution in [2.75, 3.05) is 46.3 Å². The first-order valence-electron chi connectivity index (χ1n) is 10.1. The summed E-state index contributed by atoms with van der Waals surface area (Å²) in [6, 6.07) is 10.6. The summed E-state index contributed by atoms with van der Waals surface area (Å²) in [5.41, 5.74) is 2.68. The Morgan fingerprint density at radius 3 is 2.58 bits per heavy atom. The van der Waals surface area contributed by atoms with Gasteiger partial charge in [-0.15, -0.1) is 0 Å². The summed E-state index contributed by atoms with van der Waals surface area (Å²) in [5.74, 6) is 1.31. The van der Waals surface area contributed by atoms with Crippen LogP contribution in [-0.2, 0) is 4.79 Å². The molecule has 0 aromatic heterocycles. The Balaban J connectivity index is 1.45. The molecular formula is C23H25N3O5. The van der Waals surface area contributed by atoms with E-state index in [4.69, 9.17) is 19.2 Å². The van der Waals surface area contributed by atoms with Gasteiger partial charge in [-0.3, -0.25) is 19.5 Å². The molecule has 31 heavy (non-hydrogen) atoms. The number of amides is 1. The summed E-state index contributed by atoms with van der Waals surface area (Å²) in [5, 5.41) is 2.88. The molecule has 1 unspecified atom stereocenters. The number of carbonyl (C=O) groups is 2. The molecule has 1 amide bonds. The van der Waals surface area contributed by atoms with Crippen molar-refractivity contribution in [3.05, 3.63) is 42.0 Å². The van der Waals surface area contributed by atoms with Crippen LogP contribution in [0.15, 0.2) is 41.4 Å². The number of anilines is 1. The van der Waals surface area contributed by atoms with Gasteiger partial charge in [-0.2, -0.15) is 0 Å². The molecule has 1 saturated heterocycles. The fraction of sp³-hybridized carbons (Fsp3) is 0.348. The zero-order chi connectivity index (χ0) is 22.0. The number of piperidine rings is 1. The number of nitrogens with zero attached hydrogens (tertiary/aromatic N) is 2. The number of aliphatic imine (C=N–C) groups is 1. The van der Waals surface area contributed by atoms with Crippen LogP contribution < -0.4 is 19.5 Å². The zero-order valence-corrected chi connectivity index (χ0v) is 17.8. The number of methoxy groups -OCH3 is 3. The number of rotatable bonds is 6. The molecule has 8 heteroatoms. The van der Waals surface area contributed by atoms with Gasteiger partial charge in [0.1, 0.15) is 17.2 Å². The van der Waals surface area contributed by atoms with Crippen molar-refractivity contribution in [3.63, 3.8) is 0 Å². The third-order valence-corrected chi connectivity index (χ3v) is 5.62. The number of benzene rings is 2. The Kier molecular flexibility index (Phi) is 5.90. The van der Waals surface area contributed by atoms with Gasteiger partial charge in [-0.25, -0.2) is 0 Å². The molecule has 1 atom stereocenters. The minimum absolute atomic E-state index is 0.0264. The van der Waals surface area contributed by atoms with Crippen LogP contribution in [0.25, 0.3) is 0 Å². The predicted molar refractivity (Wildman–Crippen MR) is 117 cm³/mol. The van der Waals surface area contributed by atoms with Crippen molar-refractivity contribution in [1.29, 1.82) is 0 Å². The summed E-state index contributed by atoms with van der Waals surface area (Å²) in [4.78, 5) is 32.5. The third kappa shape index (κ3) is 4.25. The maximum atomic E-state index is 13.1. The molecule has 0 spiro atoms. The second kappa shape index (κ2) is 8.77. The molecular weight excluding hydrogens is 398 g/mol. The van der Waals surface area contributed by atoms with Gasteiger partial charge in [0.05, 0.1) is 45.2 Å². The van der Waals surface area contributed by atoms with Gasteiger partial charge in [0.2, 0.25) is 5.91 Å². The molecule has 2 heterocycles. The van der Waals surface area contributed by atoms with Crippen molar-refractivity contribution in [2.24, 2.45) is 10.9 Å². The highest BCUT2D eigenvalue weighted by molar-refractivity contribution is 6.18. The average Bonchev–Trinajstić information content (AvgIpc) is 2.79. The molecule has 2 aromatic rings. The number of carbonyl (C=O) groups excluding carboxylic acids is 2. The lowest BCUT2D eigenvalue weighted by molar-refractivity contribution is -0.117. The Morgan fingerprint density at radius 2 is 1.84 bits per heavy atom. The SMILES string of the molecule is COc1ccc(OC)c(NC(=O)CN2CCC3=Nc4ccc(OC)cc4C(=O)C3C2)c1. The van der Waals surface area contributed by atoms with Crippen LogP contribution in [0.3, 0.4) is 0 Å². The summed E-state index contributed by atoms with van der Waals surface area (Å²) < 4.78 is 15.8. The Labute approximate surface area is 180 Å². The van der Waals surface area contributed by atoms with E-state index in [0.717, 1.165) is 5.71 Å². The van der Waals surface area contributed by atoms with E-state index < -0.39 is 0 Å². The Bertz CT molecular complexity index is 1050. The van der Waals surface area contributed by atoms with Gasteiger partial charge >= 0.3 is 0 Å². The number of ketones is 1. The van der Waals surface area contributed by atoms with Crippen LogP contribution in [0.2, 0.25) is 0 Å². The van der Waals surface area contributed by atoms with E-state index in [2.05, 4.69) is 5.32 Å². The molecule has 1 fully saturated rings. The van der Waals surface area contributed by atoms with E-state index in [1.807, 2.05) is 17.0 Å². The summed E-state index contributed by atoms with van der Waals surface area (Å²) in [6.07, 6.45) is 0.650. The number of nitrogens with one attached hydrogen (secondary N) is 1. The fourth-order valence-electron chi connectivity index (χ4n) is 4.00. The molecule has 1 N–H and O–H groups in total. The van der Waals surface area contributed by atoms with Gasteiger partial charge in [0.25, 0.3) is 0 Å². The third-order valence-electron chi connectivity index (χ3n) is 5.62. The molecule has 4 rings (SSSR count). The number of hydrogen-bond acceptors (Lipinski definition) is 7. The van der Waals surface area contributed by atoms with Gasteiger partial charge < -0.3 is 19.5 Å². The molecule has 8 nitrogen and oxygen atoms in total. The standard InChI is InChI=1S/C23H25N3O5/c1-29-14-4-6-18-16(10-14)23(28)17-12-26(9-8-19(17)24-18)13-22(27)25-20-11-15(30-2)5-7-21(20)31-3/h4-7,10-11,17H,8-9,12-13H2,1-3H3,(H,25,27). The molecule has 0 aliphatic carbocycles. The fourth-order valence-corrected chi connectivity index (χ4v) is 4.00. The van der Waals surface area contributed by atoms with Gasteiger partial charge in [-0.05, 0) is 36.8 Å². The van der Waals surface area contributed by atoms with E-state index in [0.29, 0.717) is 53.7 Å². The summed E-state index contributed by atoms with van der Waals surface area (Å²) in [6.45, 7) is 1.29. The smallest absolute Gasteiger partial charge is 0.238 e. The first-order valence-corrected chi connectivity index (χ1v) is 10.1. The van der Waals surface area contributed by atoms with E-state index in [9.17, 15) is 9.59 Å². The minimum atomic E-state index is -0.340. The number of Topliss-reactive ketones (excluding diaryl/α,β-unsaturated/α-hetero) is 1. The highest BCUT2D eigenvalue weighted by atomic mass is 16.5. The zero-order valence-electron chi connectivity index (χ0n) is 17.8. The van der Waals surface area contributed by atoms with Crippen LogP contribution in [-0.4, -0.2) is 63.3 Å². The maximum absolute atomic E-state index is 13.1. The number of ether oxygens (including phenoxy) is 3. The molecule has 2 aliphatic heterocycles. The predicted octanol–water partition coefficient (Wildman–Crippen LogP) is 2.94. The summed E-state index contributed by atoms with van der Waals surface area (Å²) in [7, 11) is 4.68. The van der Waals surface area contributed by atoms with Crippen LogP contribution in [0.4, 0.5) is 11.4 Å².